The number of carbonyl (C=O) groups is 2. The number of carbonyl (C=O) groups excluding carboxylic acids is 2. The number of allylic oxidation sites excluding steroid dienone is 3. The van der Waals surface area contributed by atoms with E-state index in [1.165, 1.54) is 340 Å². The summed E-state index contributed by atoms with van der Waals surface area (Å²) in [6.07, 6.45) is 87.3. The number of aliphatic hydroxyl groups excluding tert-OH is 2. The average Bonchev–Trinajstić information content (AvgIpc) is 3.45. The third-order valence-corrected chi connectivity index (χ3v) is 17.0. The van der Waals surface area contributed by atoms with Gasteiger partial charge in [0, 0.05) is 12.8 Å². The highest BCUT2D eigenvalue weighted by Crippen LogP contribution is 2.19. The summed E-state index contributed by atoms with van der Waals surface area (Å²) in [5.74, 6) is -0.0395. The summed E-state index contributed by atoms with van der Waals surface area (Å²) in [6, 6.07) is -0.622. The maximum Gasteiger partial charge on any atom is 0.305 e. The van der Waals surface area contributed by atoms with Crippen molar-refractivity contribution < 1.29 is 24.5 Å². The maximum absolute atomic E-state index is 12.4. The lowest BCUT2D eigenvalue weighted by molar-refractivity contribution is -0.143. The van der Waals surface area contributed by atoms with Crippen LogP contribution in [0.25, 0.3) is 0 Å². The van der Waals surface area contributed by atoms with Crippen molar-refractivity contribution in [2.45, 2.75) is 418 Å². The molecule has 79 heavy (non-hydrogen) atoms. The molecule has 0 saturated carbocycles. The van der Waals surface area contributed by atoms with Crippen LogP contribution in [-0.4, -0.2) is 47.4 Å². The van der Waals surface area contributed by atoms with Gasteiger partial charge in [0.1, 0.15) is 0 Å². The summed E-state index contributed by atoms with van der Waals surface area (Å²) in [6.45, 7) is 4.92. The SMILES string of the molecule is CCCCCCCCCC/C=C/C(O)C(CO)NC(=O)CCCCCCCCCCCCCCCCCCC/C=C\CCCCCCCCCCCCCCCCCCCCOC(=O)CCCCCCCCCCCCCCC. The van der Waals surface area contributed by atoms with Crippen LogP contribution in [0.3, 0.4) is 0 Å². The normalized spacial score (nSPS) is 12.6. The number of hydrogen-bond acceptors (Lipinski definition) is 5. The van der Waals surface area contributed by atoms with Gasteiger partial charge in [0.15, 0.2) is 0 Å². The average molecular weight is 1110 g/mol. The fourth-order valence-corrected chi connectivity index (χ4v) is 11.5. The standard InChI is InChI=1S/C73H141NO5/c1-3-5-7-9-11-13-15-43-47-51-55-59-63-67-73(78)79-68-64-60-56-52-48-45-42-40-38-36-34-32-30-28-26-24-22-20-18-16-17-19-21-23-25-27-29-31-33-35-37-39-41-44-46-50-54-58-62-66-72(77)74-70(69-75)71(76)65-61-57-53-49-14-12-10-8-6-4-2/h16-17,61,65,70-71,75-76H,3-15,18-60,62-64,66-69H2,1-2H3,(H,74,77)/b17-16-,65-61+. The van der Waals surface area contributed by atoms with Crippen molar-refractivity contribution in [3.63, 3.8) is 0 Å². The molecule has 3 N–H and O–H groups in total. The fraction of sp³-hybridized carbons (Fsp3) is 0.918. The molecule has 0 aliphatic heterocycles. The Kier molecular flexibility index (Phi) is 67.4. The van der Waals surface area contributed by atoms with Gasteiger partial charge in [0.2, 0.25) is 5.91 Å². The molecule has 0 aromatic heterocycles. The Bertz CT molecular complexity index is 1230. The second kappa shape index (κ2) is 68.8. The maximum atomic E-state index is 12.4. The van der Waals surface area contributed by atoms with Crippen LogP contribution in [0.1, 0.15) is 406 Å². The van der Waals surface area contributed by atoms with E-state index in [4.69, 9.17) is 4.74 Å². The van der Waals surface area contributed by atoms with E-state index < -0.39 is 12.1 Å². The molecular formula is C73H141NO5. The van der Waals surface area contributed by atoms with Gasteiger partial charge in [0.25, 0.3) is 0 Å². The molecule has 0 radical (unpaired) electrons. The summed E-state index contributed by atoms with van der Waals surface area (Å²) >= 11 is 0. The summed E-state index contributed by atoms with van der Waals surface area (Å²) in [4.78, 5) is 24.5. The van der Waals surface area contributed by atoms with Gasteiger partial charge >= 0.3 is 5.97 Å². The molecule has 6 nitrogen and oxygen atoms in total. The summed E-state index contributed by atoms with van der Waals surface area (Å²) in [7, 11) is 0. The van der Waals surface area contributed by atoms with E-state index in [9.17, 15) is 19.8 Å². The van der Waals surface area contributed by atoms with Crippen molar-refractivity contribution in [3.05, 3.63) is 24.3 Å². The topological polar surface area (TPSA) is 95.9 Å². The highest BCUT2D eigenvalue weighted by molar-refractivity contribution is 5.76. The molecule has 1 amide bonds. The Morgan fingerprint density at radius 2 is 0.595 bits per heavy atom. The van der Waals surface area contributed by atoms with Crippen molar-refractivity contribution in [2.24, 2.45) is 0 Å². The van der Waals surface area contributed by atoms with Crippen molar-refractivity contribution in [1.29, 1.82) is 0 Å². The first-order valence-corrected chi connectivity index (χ1v) is 36.1. The molecule has 0 bridgehead atoms. The van der Waals surface area contributed by atoms with Gasteiger partial charge in [-0.05, 0) is 57.8 Å². The molecule has 2 atom stereocenters. The molecule has 2 unspecified atom stereocenters. The molecule has 0 heterocycles. The Labute approximate surface area is 494 Å². The molecule has 6 heteroatoms. The third kappa shape index (κ3) is 65.4. The summed E-state index contributed by atoms with van der Waals surface area (Å²) in [5.41, 5.74) is 0. The lowest BCUT2D eigenvalue weighted by Gasteiger charge is -2.20. The third-order valence-electron chi connectivity index (χ3n) is 17.0. The molecule has 0 aromatic rings. The Morgan fingerprint density at radius 1 is 0.342 bits per heavy atom. The predicted molar refractivity (Wildman–Crippen MR) is 347 cm³/mol. The number of nitrogens with one attached hydrogen (secondary N) is 1. The van der Waals surface area contributed by atoms with Crippen LogP contribution in [0.5, 0.6) is 0 Å². The Hall–Kier alpha value is -1.66. The number of rotatable bonds is 68. The van der Waals surface area contributed by atoms with E-state index in [2.05, 4.69) is 31.3 Å². The lowest BCUT2D eigenvalue weighted by atomic mass is 10.0. The van der Waals surface area contributed by atoms with E-state index in [-0.39, 0.29) is 18.5 Å². The van der Waals surface area contributed by atoms with Crippen LogP contribution < -0.4 is 5.32 Å². The minimum atomic E-state index is -0.839. The quantitative estimate of drug-likeness (QED) is 0.0320. The summed E-state index contributed by atoms with van der Waals surface area (Å²) < 4.78 is 5.49. The van der Waals surface area contributed by atoms with Crippen LogP contribution in [0.4, 0.5) is 0 Å². The molecule has 0 fully saturated rings. The van der Waals surface area contributed by atoms with Crippen LogP contribution in [-0.2, 0) is 14.3 Å². The molecule has 468 valence electrons. The van der Waals surface area contributed by atoms with Gasteiger partial charge in [0.05, 0.1) is 25.4 Å². The van der Waals surface area contributed by atoms with Gasteiger partial charge in [-0.1, -0.05) is 359 Å². The highest BCUT2D eigenvalue weighted by Gasteiger charge is 2.18. The minimum absolute atomic E-state index is 0.0243. The fourth-order valence-electron chi connectivity index (χ4n) is 11.5. The minimum Gasteiger partial charge on any atom is -0.466 e. The van der Waals surface area contributed by atoms with E-state index in [1.807, 2.05) is 6.08 Å². The number of aliphatic hydroxyl groups is 2. The zero-order valence-electron chi connectivity index (χ0n) is 53.6. The zero-order chi connectivity index (χ0) is 57.1. The van der Waals surface area contributed by atoms with E-state index in [0.717, 1.165) is 38.5 Å². The van der Waals surface area contributed by atoms with Crippen LogP contribution in [0.15, 0.2) is 24.3 Å². The van der Waals surface area contributed by atoms with Crippen LogP contribution >= 0.6 is 0 Å². The molecular weight excluding hydrogens is 971 g/mol. The highest BCUT2D eigenvalue weighted by atomic mass is 16.5. The number of ether oxygens (including phenoxy) is 1. The molecule has 0 aliphatic carbocycles. The Morgan fingerprint density at radius 3 is 0.899 bits per heavy atom. The van der Waals surface area contributed by atoms with Crippen molar-refractivity contribution in [1.82, 2.24) is 5.32 Å². The van der Waals surface area contributed by atoms with Gasteiger partial charge in [-0.15, -0.1) is 0 Å². The first-order chi connectivity index (χ1) is 39.0. The van der Waals surface area contributed by atoms with Gasteiger partial charge < -0.3 is 20.3 Å². The van der Waals surface area contributed by atoms with Crippen LogP contribution in [0, 0.1) is 0 Å². The predicted octanol–water partition coefficient (Wildman–Crippen LogP) is 23.3. The van der Waals surface area contributed by atoms with Crippen LogP contribution in [0.2, 0.25) is 0 Å². The Balaban J connectivity index is 3.30. The second-order valence-electron chi connectivity index (χ2n) is 24.9. The lowest BCUT2D eigenvalue weighted by Crippen LogP contribution is -2.45. The van der Waals surface area contributed by atoms with E-state index >= 15 is 0 Å². The van der Waals surface area contributed by atoms with Gasteiger partial charge in [-0.3, -0.25) is 9.59 Å². The number of amides is 1. The summed E-state index contributed by atoms with van der Waals surface area (Å²) in [5, 5.41) is 23.0. The van der Waals surface area contributed by atoms with Gasteiger partial charge in [-0.25, -0.2) is 0 Å². The van der Waals surface area contributed by atoms with Crippen molar-refractivity contribution in [3.8, 4) is 0 Å². The molecule has 0 aliphatic rings. The second-order valence-corrected chi connectivity index (χ2v) is 24.9. The van der Waals surface area contributed by atoms with Gasteiger partial charge in [-0.2, -0.15) is 0 Å². The number of unbranched alkanes of at least 4 members (excludes halogenated alkanes) is 55. The molecule has 0 saturated heterocycles. The molecule has 0 aromatic carbocycles. The monoisotopic (exact) mass is 1110 g/mol. The zero-order valence-corrected chi connectivity index (χ0v) is 53.6. The molecule has 0 rings (SSSR count). The smallest absolute Gasteiger partial charge is 0.305 e. The largest absolute Gasteiger partial charge is 0.466 e. The van der Waals surface area contributed by atoms with Crippen molar-refractivity contribution >= 4 is 11.9 Å². The van der Waals surface area contributed by atoms with E-state index in [0.29, 0.717) is 19.4 Å². The first-order valence-electron chi connectivity index (χ1n) is 36.1. The number of hydrogen-bond donors (Lipinski definition) is 3. The molecule has 0 spiro atoms. The van der Waals surface area contributed by atoms with Crippen molar-refractivity contribution in [2.75, 3.05) is 13.2 Å². The van der Waals surface area contributed by atoms with E-state index in [1.54, 1.807) is 6.08 Å². The first kappa shape index (κ1) is 77.3. The number of esters is 1.